The van der Waals surface area contributed by atoms with Crippen molar-refractivity contribution in [2.24, 2.45) is 0 Å². The molecule has 0 spiro atoms. The fraction of sp³-hybridized carbons (Fsp3) is 0.250. The molecule has 1 aliphatic rings. The topological polar surface area (TPSA) is 55.2 Å². The van der Waals surface area contributed by atoms with Crippen molar-refractivity contribution in [3.05, 3.63) is 70.2 Å². The number of thiophene rings is 1. The number of carbonyl (C=O) groups excluding carboxylic acids is 2. The molecule has 0 unspecified atom stereocenters. The second-order valence-electron chi connectivity index (χ2n) is 6.55. The van der Waals surface area contributed by atoms with E-state index in [1.807, 2.05) is 52.3 Å². The number of nitrogens with zero attached hydrogens (tertiary/aromatic N) is 3. The first-order chi connectivity index (χ1) is 12.6. The summed E-state index contributed by atoms with van der Waals surface area (Å²) in [5.41, 5.74) is 2.59. The maximum absolute atomic E-state index is 12.9. The highest BCUT2D eigenvalue weighted by molar-refractivity contribution is 7.12. The molecule has 4 rings (SSSR count). The molecule has 0 atom stereocenters. The molecule has 1 saturated carbocycles. The first-order valence-electron chi connectivity index (χ1n) is 8.61. The van der Waals surface area contributed by atoms with Crippen LogP contribution in [0.25, 0.3) is 5.69 Å². The van der Waals surface area contributed by atoms with Gasteiger partial charge in [0.1, 0.15) is 0 Å². The molecule has 2 heterocycles. The Morgan fingerprint density at radius 3 is 2.69 bits per heavy atom. The summed E-state index contributed by atoms with van der Waals surface area (Å²) < 4.78 is 1.82. The van der Waals surface area contributed by atoms with Gasteiger partial charge in [0.2, 0.25) is 0 Å². The number of benzene rings is 1. The third kappa shape index (κ3) is 3.46. The summed E-state index contributed by atoms with van der Waals surface area (Å²) in [4.78, 5) is 27.0. The minimum atomic E-state index is -0.0105. The van der Waals surface area contributed by atoms with E-state index in [9.17, 15) is 9.59 Å². The van der Waals surface area contributed by atoms with Gasteiger partial charge < -0.3 is 4.90 Å². The van der Waals surface area contributed by atoms with Gasteiger partial charge in [-0.1, -0.05) is 18.2 Å². The third-order valence-electron chi connectivity index (χ3n) is 4.45. The highest BCUT2D eigenvalue weighted by atomic mass is 32.1. The van der Waals surface area contributed by atoms with Crippen LogP contribution < -0.4 is 0 Å². The molecule has 3 aromatic rings. The zero-order valence-corrected chi connectivity index (χ0v) is 15.3. The van der Waals surface area contributed by atoms with Crippen LogP contribution in [0.15, 0.2) is 54.2 Å². The maximum atomic E-state index is 12.9. The van der Waals surface area contributed by atoms with Gasteiger partial charge in [0.05, 0.1) is 22.3 Å². The molecular formula is C20H19N3O2S. The van der Waals surface area contributed by atoms with Crippen LogP contribution in [-0.2, 0) is 6.54 Å². The average Bonchev–Trinajstić information content (AvgIpc) is 3.19. The summed E-state index contributed by atoms with van der Waals surface area (Å²) >= 11 is 1.33. The van der Waals surface area contributed by atoms with Crippen molar-refractivity contribution in [3.8, 4) is 5.69 Å². The zero-order valence-electron chi connectivity index (χ0n) is 14.5. The lowest BCUT2D eigenvalue weighted by Crippen LogP contribution is -2.32. The number of hydrogen-bond acceptors (Lipinski definition) is 4. The molecule has 26 heavy (non-hydrogen) atoms. The van der Waals surface area contributed by atoms with E-state index in [2.05, 4.69) is 5.10 Å². The lowest BCUT2D eigenvalue weighted by Gasteiger charge is -2.21. The summed E-state index contributed by atoms with van der Waals surface area (Å²) in [5, 5.41) is 6.19. The smallest absolute Gasteiger partial charge is 0.255 e. The van der Waals surface area contributed by atoms with Gasteiger partial charge in [-0.25, -0.2) is 4.68 Å². The van der Waals surface area contributed by atoms with Crippen LogP contribution in [0.3, 0.4) is 0 Å². The molecule has 0 aliphatic heterocycles. The van der Waals surface area contributed by atoms with Gasteiger partial charge in [0, 0.05) is 29.7 Å². The Bertz CT molecular complexity index is 941. The van der Waals surface area contributed by atoms with Gasteiger partial charge >= 0.3 is 0 Å². The second-order valence-corrected chi connectivity index (χ2v) is 7.46. The molecule has 0 N–H and O–H groups in total. The molecule has 0 bridgehead atoms. The largest absolute Gasteiger partial charge is 0.331 e. The van der Waals surface area contributed by atoms with E-state index in [0.717, 1.165) is 24.1 Å². The molecule has 1 fully saturated rings. The fourth-order valence-corrected chi connectivity index (χ4v) is 3.70. The Labute approximate surface area is 155 Å². The number of aromatic nitrogens is 2. The van der Waals surface area contributed by atoms with E-state index in [1.54, 1.807) is 11.4 Å². The molecule has 0 saturated heterocycles. The average molecular weight is 365 g/mol. The highest BCUT2D eigenvalue weighted by Crippen LogP contribution is 2.31. The van der Waals surface area contributed by atoms with E-state index >= 15 is 0 Å². The van der Waals surface area contributed by atoms with Gasteiger partial charge in [-0.2, -0.15) is 5.10 Å². The van der Waals surface area contributed by atoms with E-state index < -0.39 is 0 Å². The number of Topliss-reactive ketones (excluding diaryl/α,β-unsaturated/α-hetero) is 1. The van der Waals surface area contributed by atoms with E-state index in [4.69, 9.17) is 0 Å². The molecular weight excluding hydrogens is 346 g/mol. The molecule has 5 nitrogen and oxygen atoms in total. The number of ketones is 1. The quantitative estimate of drug-likeness (QED) is 0.622. The summed E-state index contributed by atoms with van der Waals surface area (Å²) in [6.45, 7) is 2.05. The van der Waals surface area contributed by atoms with Gasteiger partial charge in [0.25, 0.3) is 5.91 Å². The van der Waals surface area contributed by atoms with Crippen molar-refractivity contribution >= 4 is 23.0 Å². The Hall–Kier alpha value is -2.73. The lowest BCUT2D eigenvalue weighted by molar-refractivity contribution is 0.0730. The summed E-state index contributed by atoms with van der Waals surface area (Å²) in [7, 11) is 0. The van der Waals surface area contributed by atoms with E-state index in [1.165, 1.54) is 18.3 Å². The Morgan fingerprint density at radius 2 is 2.04 bits per heavy atom. The van der Waals surface area contributed by atoms with Gasteiger partial charge in [0.15, 0.2) is 5.78 Å². The minimum absolute atomic E-state index is 0.00356. The predicted molar refractivity (Wildman–Crippen MR) is 101 cm³/mol. The molecule has 1 aromatic carbocycles. The van der Waals surface area contributed by atoms with Crippen LogP contribution in [0.5, 0.6) is 0 Å². The minimum Gasteiger partial charge on any atom is -0.331 e. The highest BCUT2D eigenvalue weighted by Gasteiger charge is 2.33. The Balaban J connectivity index is 1.53. The molecule has 1 aliphatic carbocycles. The molecule has 6 heteroatoms. The summed E-state index contributed by atoms with van der Waals surface area (Å²) in [6, 6.07) is 11.9. The Morgan fingerprint density at radius 1 is 1.27 bits per heavy atom. The van der Waals surface area contributed by atoms with Crippen molar-refractivity contribution < 1.29 is 9.59 Å². The van der Waals surface area contributed by atoms with Crippen molar-refractivity contribution in [3.63, 3.8) is 0 Å². The lowest BCUT2D eigenvalue weighted by atomic mass is 10.2. The normalized spacial score (nSPS) is 13.6. The van der Waals surface area contributed by atoms with Crippen LogP contribution in [0, 0.1) is 0 Å². The first kappa shape index (κ1) is 16.7. The van der Waals surface area contributed by atoms with Crippen LogP contribution in [0.4, 0.5) is 0 Å². The monoisotopic (exact) mass is 365 g/mol. The van der Waals surface area contributed by atoms with Crippen molar-refractivity contribution in [1.29, 1.82) is 0 Å². The number of rotatable bonds is 6. The van der Waals surface area contributed by atoms with Crippen LogP contribution in [0.1, 0.15) is 45.4 Å². The molecule has 2 aromatic heterocycles. The van der Waals surface area contributed by atoms with Crippen LogP contribution in [0.2, 0.25) is 0 Å². The number of hydrogen-bond donors (Lipinski definition) is 0. The number of para-hydroxylation sites is 1. The van der Waals surface area contributed by atoms with E-state index in [-0.39, 0.29) is 17.7 Å². The predicted octanol–water partition coefficient (Wildman–Crippen LogP) is 3.94. The summed E-state index contributed by atoms with van der Waals surface area (Å²) in [6.07, 6.45) is 5.83. The molecule has 0 radical (unpaired) electrons. The second kappa shape index (κ2) is 6.88. The van der Waals surface area contributed by atoms with Gasteiger partial charge in [-0.15, -0.1) is 11.3 Å². The SMILES string of the molecule is CC(=O)c1cc(C(=O)N(Cc2cnn(-c3ccccc3)c2)C2CC2)cs1. The van der Waals surface area contributed by atoms with Gasteiger partial charge in [-0.3, -0.25) is 9.59 Å². The van der Waals surface area contributed by atoms with Crippen LogP contribution >= 0.6 is 11.3 Å². The van der Waals surface area contributed by atoms with Crippen molar-refractivity contribution in [2.45, 2.75) is 32.4 Å². The fourth-order valence-electron chi connectivity index (χ4n) is 2.91. The number of amides is 1. The van der Waals surface area contributed by atoms with Crippen molar-refractivity contribution in [1.82, 2.24) is 14.7 Å². The van der Waals surface area contributed by atoms with E-state index in [0.29, 0.717) is 17.0 Å². The molecule has 1 amide bonds. The molecule has 132 valence electrons. The first-order valence-corrected chi connectivity index (χ1v) is 9.49. The van der Waals surface area contributed by atoms with Crippen LogP contribution in [-0.4, -0.2) is 32.4 Å². The maximum Gasteiger partial charge on any atom is 0.255 e. The number of carbonyl (C=O) groups is 2. The van der Waals surface area contributed by atoms with Crippen molar-refractivity contribution in [2.75, 3.05) is 0 Å². The zero-order chi connectivity index (χ0) is 18.1. The summed E-state index contributed by atoms with van der Waals surface area (Å²) in [5.74, 6) is -0.0140. The van der Waals surface area contributed by atoms with Gasteiger partial charge in [-0.05, 0) is 38.0 Å². The Kier molecular flexibility index (Phi) is 4.42. The standard InChI is InChI=1S/C20H19N3O2S/c1-14(24)19-9-16(13-26-19)20(25)22(17-7-8-17)11-15-10-21-23(12-15)18-5-3-2-4-6-18/h2-6,9-10,12-13,17H,7-8,11H2,1H3. The third-order valence-corrected chi connectivity index (χ3v) is 5.48.